The van der Waals surface area contributed by atoms with Crippen LogP contribution in [-0.4, -0.2) is 54.1 Å². The average Bonchev–Trinajstić information content (AvgIpc) is 2.71. The van der Waals surface area contributed by atoms with Crippen molar-refractivity contribution < 1.29 is 4.74 Å². The molecule has 108 valence electrons. The lowest BCUT2D eigenvalue weighted by Crippen LogP contribution is -2.40. The topological polar surface area (TPSA) is 42.3 Å². The first kappa shape index (κ1) is 15.0. The summed E-state index contributed by atoms with van der Waals surface area (Å²) in [5.41, 5.74) is 2.35. The molecule has 1 fully saturated rings. The van der Waals surface area contributed by atoms with Crippen molar-refractivity contribution in [2.45, 2.75) is 19.9 Å². The van der Waals surface area contributed by atoms with Gasteiger partial charge in [0.1, 0.15) is 0 Å². The van der Waals surface area contributed by atoms with Crippen molar-refractivity contribution in [2.24, 2.45) is 7.05 Å². The molecule has 0 saturated carbocycles. The summed E-state index contributed by atoms with van der Waals surface area (Å²) in [5.74, 6) is 0. The van der Waals surface area contributed by atoms with E-state index in [0.29, 0.717) is 0 Å². The maximum atomic E-state index is 5.34. The highest BCUT2D eigenvalue weighted by Gasteiger charge is 2.12. The maximum absolute atomic E-state index is 5.34. The summed E-state index contributed by atoms with van der Waals surface area (Å²) in [5, 5.41) is 7.99. The van der Waals surface area contributed by atoms with Gasteiger partial charge in [-0.2, -0.15) is 5.10 Å². The van der Waals surface area contributed by atoms with E-state index in [-0.39, 0.29) is 0 Å². The van der Waals surface area contributed by atoms with Crippen LogP contribution in [0.4, 0.5) is 0 Å². The van der Waals surface area contributed by atoms with E-state index in [9.17, 15) is 0 Å². The third-order valence-corrected chi connectivity index (χ3v) is 4.42. The lowest BCUT2D eigenvalue weighted by atomic mass is 10.3. The molecule has 1 saturated heterocycles. The van der Waals surface area contributed by atoms with Crippen LogP contribution in [0, 0.1) is 0 Å². The van der Waals surface area contributed by atoms with Gasteiger partial charge >= 0.3 is 0 Å². The molecule has 0 unspecified atom stereocenters. The largest absolute Gasteiger partial charge is 0.379 e. The number of rotatable bonds is 6. The summed E-state index contributed by atoms with van der Waals surface area (Å²) >= 11 is 3.64. The fraction of sp³-hybridized carbons (Fsp3) is 0.769. The molecule has 0 aromatic carbocycles. The van der Waals surface area contributed by atoms with Crippen molar-refractivity contribution in [1.82, 2.24) is 20.0 Å². The normalized spacial score (nSPS) is 17.0. The summed E-state index contributed by atoms with van der Waals surface area (Å²) < 4.78 is 8.45. The Balaban J connectivity index is 1.74. The Morgan fingerprint density at radius 2 is 2.11 bits per heavy atom. The molecule has 1 N–H and O–H groups in total. The zero-order chi connectivity index (χ0) is 13.7. The van der Waals surface area contributed by atoms with Crippen molar-refractivity contribution in [3.63, 3.8) is 0 Å². The highest BCUT2D eigenvalue weighted by atomic mass is 79.9. The molecule has 0 amide bonds. The van der Waals surface area contributed by atoms with Gasteiger partial charge in [-0.05, 0) is 22.4 Å². The molecule has 6 heteroatoms. The van der Waals surface area contributed by atoms with Crippen LogP contribution in [0.2, 0.25) is 0 Å². The number of hydrogen-bond acceptors (Lipinski definition) is 4. The summed E-state index contributed by atoms with van der Waals surface area (Å²) in [4.78, 5) is 2.44. The Hall–Kier alpha value is -0.430. The van der Waals surface area contributed by atoms with Crippen molar-refractivity contribution in [1.29, 1.82) is 0 Å². The van der Waals surface area contributed by atoms with Gasteiger partial charge in [0.25, 0.3) is 0 Å². The van der Waals surface area contributed by atoms with Gasteiger partial charge in [-0.3, -0.25) is 9.58 Å². The van der Waals surface area contributed by atoms with E-state index < -0.39 is 0 Å². The molecule has 1 aromatic heterocycles. The number of morpholine rings is 1. The van der Waals surface area contributed by atoms with Crippen LogP contribution in [0.3, 0.4) is 0 Å². The Bertz CT molecular complexity index is 402. The lowest BCUT2D eigenvalue weighted by molar-refractivity contribution is 0.0384. The van der Waals surface area contributed by atoms with Gasteiger partial charge in [0.15, 0.2) is 0 Å². The van der Waals surface area contributed by atoms with Crippen LogP contribution in [-0.2, 0) is 24.8 Å². The van der Waals surface area contributed by atoms with Gasteiger partial charge in [0.05, 0.1) is 29.1 Å². The van der Waals surface area contributed by atoms with Crippen molar-refractivity contribution in [2.75, 3.05) is 39.4 Å². The number of nitrogens with zero attached hydrogens (tertiary/aromatic N) is 3. The molecule has 0 aliphatic carbocycles. The highest BCUT2D eigenvalue weighted by molar-refractivity contribution is 9.10. The number of aryl methyl sites for hydroxylation is 2. The van der Waals surface area contributed by atoms with Crippen LogP contribution < -0.4 is 5.32 Å². The molecule has 2 rings (SSSR count). The van der Waals surface area contributed by atoms with E-state index in [1.807, 2.05) is 11.7 Å². The van der Waals surface area contributed by atoms with Crippen molar-refractivity contribution in [3.8, 4) is 0 Å². The molecule has 0 atom stereocenters. The summed E-state index contributed by atoms with van der Waals surface area (Å²) in [6.45, 7) is 8.91. The number of nitrogens with one attached hydrogen (secondary N) is 1. The molecule has 1 aliphatic heterocycles. The maximum Gasteiger partial charge on any atom is 0.0767 e. The number of hydrogen-bond donors (Lipinski definition) is 1. The zero-order valence-electron chi connectivity index (χ0n) is 11.8. The molecular formula is C13H23BrN4O. The first-order chi connectivity index (χ1) is 9.22. The predicted octanol–water partition coefficient (Wildman–Crippen LogP) is 1.17. The number of halogens is 1. The molecule has 2 heterocycles. The molecule has 5 nitrogen and oxygen atoms in total. The summed E-state index contributed by atoms with van der Waals surface area (Å²) in [6.07, 6.45) is 0.961. The molecule has 0 radical (unpaired) electrons. The van der Waals surface area contributed by atoms with Crippen molar-refractivity contribution in [3.05, 3.63) is 15.9 Å². The van der Waals surface area contributed by atoms with Gasteiger partial charge < -0.3 is 10.1 Å². The van der Waals surface area contributed by atoms with Crippen LogP contribution >= 0.6 is 15.9 Å². The molecule has 0 bridgehead atoms. The zero-order valence-corrected chi connectivity index (χ0v) is 13.4. The average molecular weight is 331 g/mol. The Kier molecular flexibility index (Phi) is 5.81. The van der Waals surface area contributed by atoms with E-state index in [1.54, 1.807) is 0 Å². The van der Waals surface area contributed by atoms with Crippen LogP contribution in [0.25, 0.3) is 0 Å². The third kappa shape index (κ3) is 4.02. The fourth-order valence-electron chi connectivity index (χ4n) is 2.28. The standard InChI is InChI=1S/C13H23BrN4O/c1-3-11-13(14)12(17(2)16-11)10-15-4-5-18-6-8-19-9-7-18/h15H,3-10H2,1-2H3. The summed E-state index contributed by atoms with van der Waals surface area (Å²) in [6, 6.07) is 0. The van der Waals surface area contributed by atoms with Crippen molar-refractivity contribution >= 4 is 15.9 Å². The molecule has 0 spiro atoms. The quantitative estimate of drug-likeness (QED) is 0.795. The number of ether oxygens (including phenoxy) is 1. The van der Waals surface area contributed by atoms with Crippen LogP contribution in [0.15, 0.2) is 4.47 Å². The van der Waals surface area contributed by atoms with Gasteiger partial charge in [-0.1, -0.05) is 6.92 Å². The van der Waals surface area contributed by atoms with Gasteiger partial charge in [0, 0.05) is 39.8 Å². The second-order valence-electron chi connectivity index (χ2n) is 4.82. The molecular weight excluding hydrogens is 308 g/mol. The minimum Gasteiger partial charge on any atom is -0.379 e. The van der Waals surface area contributed by atoms with Gasteiger partial charge in [-0.15, -0.1) is 0 Å². The first-order valence-electron chi connectivity index (χ1n) is 6.93. The fourth-order valence-corrected chi connectivity index (χ4v) is 3.04. The Morgan fingerprint density at radius 3 is 2.74 bits per heavy atom. The first-order valence-corrected chi connectivity index (χ1v) is 7.72. The molecule has 19 heavy (non-hydrogen) atoms. The second kappa shape index (κ2) is 7.38. The van der Waals surface area contributed by atoms with Gasteiger partial charge in [0.2, 0.25) is 0 Å². The smallest absolute Gasteiger partial charge is 0.0767 e. The second-order valence-corrected chi connectivity index (χ2v) is 5.61. The third-order valence-electron chi connectivity index (χ3n) is 3.50. The molecule has 1 aliphatic rings. The lowest BCUT2D eigenvalue weighted by Gasteiger charge is -2.26. The van der Waals surface area contributed by atoms with E-state index in [0.717, 1.165) is 62.5 Å². The SMILES string of the molecule is CCc1nn(C)c(CNCCN2CCOCC2)c1Br. The Labute approximate surface area is 123 Å². The Morgan fingerprint density at radius 1 is 1.37 bits per heavy atom. The number of aromatic nitrogens is 2. The van der Waals surface area contributed by atoms with E-state index >= 15 is 0 Å². The predicted molar refractivity (Wildman–Crippen MR) is 79.3 cm³/mol. The van der Waals surface area contributed by atoms with E-state index in [1.165, 1.54) is 5.69 Å². The monoisotopic (exact) mass is 330 g/mol. The van der Waals surface area contributed by atoms with E-state index in [2.05, 4.69) is 38.2 Å². The minimum atomic E-state index is 0.856. The van der Waals surface area contributed by atoms with Gasteiger partial charge in [-0.25, -0.2) is 0 Å². The highest BCUT2D eigenvalue weighted by Crippen LogP contribution is 2.21. The van der Waals surface area contributed by atoms with E-state index in [4.69, 9.17) is 4.74 Å². The molecule has 1 aromatic rings. The summed E-state index contributed by atoms with van der Waals surface area (Å²) in [7, 11) is 2.00. The van der Waals surface area contributed by atoms with Crippen LogP contribution in [0.5, 0.6) is 0 Å². The minimum absolute atomic E-state index is 0.856. The van der Waals surface area contributed by atoms with Crippen LogP contribution in [0.1, 0.15) is 18.3 Å².